The number of aryl methyl sites for hydroxylation is 1. The molecular weight excluding hydrogens is 280 g/mol. The minimum Gasteiger partial charge on any atom is -0.341 e. The number of hydrogen-bond acceptors (Lipinski definition) is 5. The summed E-state index contributed by atoms with van der Waals surface area (Å²) >= 11 is 7.74. The molecule has 0 atom stereocenters. The molecule has 1 aliphatic rings. The van der Waals surface area contributed by atoms with Crippen LogP contribution in [0.2, 0.25) is 5.28 Å². The van der Waals surface area contributed by atoms with Gasteiger partial charge in [-0.25, -0.2) is 0 Å². The maximum Gasteiger partial charge on any atom is 0.230 e. The average Bonchev–Trinajstić information content (AvgIpc) is 2.85. The third-order valence-corrected chi connectivity index (χ3v) is 4.35. The Balaban J connectivity index is 1.98. The largest absolute Gasteiger partial charge is 0.341 e. The van der Waals surface area contributed by atoms with E-state index < -0.39 is 0 Å². The minimum absolute atomic E-state index is 0.274. The van der Waals surface area contributed by atoms with Gasteiger partial charge in [0.25, 0.3) is 0 Å². The molecule has 2 aromatic heterocycles. The van der Waals surface area contributed by atoms with Crippen LogP contribution in [0, 0.1) is 6.92 Å². The molecule has 3 heterocycles. The molecule has 0 amide bonds. The van der Waals surface area contributed by atoms with Crippen molar-refractivity contribution in [2.45, 2.75) is 26.2 Å². The van der Waals surface area contributed by atoms with Crippen LogP contribution >= 0.6 is 22.9 Å². The molecule has 19 heavy (non-hydrogen) atoms. The first-order valence-electron chi connectivity index (χ1n) is 6.45. The Labute approximate surface area is 121 Å². The summed E-state index contributed by atoms with van der Waals surface area (Å²) in [5.41, 5.74) is 1.05. The second-order valence-electron chi connectivity index (χ2n) is 4.67. The molecule has 0 aliphatic carbocycles. The zero-order valence-corrected chi connectivity index (χ0v) is 12.3. The van der Waals surface area contributed by atoms with Crippen LogP contribution in [-0.4, -0.2) is 28.0 Å². The highest BCUT2D eigenvalue weighted by molar-refractivity contribution is 7.10. The summed E-state index contributed by atoms with van der Waals surface area (Å²) in [6.45, 7) is 4.07. The number of aromatic nitrogens is 3. The van der Waals surface area contributed by atoms with Gasteiger partial charge >= 0.3 is 0 Å². The average molecular weight is 295 g/mol. The van der Waals surface area contributed by atoms with Gasteiger partial charge in [-0.2, -0.15) is 15.0 Å². The van der Waals surface area contributed by atoms with Crippen molar-refractivity contribution in [2.24, 2.45) is 0 Å². The zero-order valence-electron chi connectivity index (χ0n) is 10.8. The highest BCUT2D eigenvalue weighted by Crippen LogP contribution is 2.27. The van der Waals surface area contributed by atoms with Crippen molar-refractivity contribution in [3.05, 3.63) is 21.6 Å². The summed E-state index contributed by atoms with van der Waals surface area (Å²) in [6, 6.07) is 2.03. The molecule has 3 rings (SSSR count). The van der Waals surface area contributed by atoms with Gasteiger partial charge in [0.05, 0.1) is 0 Å². The summed E-state index contributed by atoms with van der Waals surface area (Å²) in [6.07, 6.45) is 3.66. The Morgan fingerprint density at radius 1 is 1.16 bits per heavy atom. The van der Waals surface area contributed by atoms with Crippen molar-refractivity contribution in [2.75, 3.05) is 18.0 Å². The van der Waals surface area contributed by atoms with Gasteiger partial charge in [-0.1, -0.05) is 0 Å². The molecule has 2 aromatic rings. The van der Waals surface area contributed by atoms with Crippen molar-refractivity contribution in [3.8, 4) is 11.4 Å². The number of halogens is 1. The molecule has 0 spiro atoms. The van der Waals surface area contributed by atoms with E-state index in [2.05, 4.69) is 26.8 Å². The monoisotopic (exact) mass is 294 g/mol. The number of nitrogens with zero attached hydrogens (tertiary/aromatic N) is 4. The summed E-state index contributed by atoms with van der Waals surface area (Å²) in [5.74, 6) is 1.39. The topological polar surface area (TPSA) is 41.9 Å². The molecule has 1 aliphatic heterocycles. The Morgan fingerprint density at radius 2 is 1.95 bits per heavy atom. The first-order chi connectivity index (χ1) is 9.24. The minimum atomic E-state index is 0.274. The maximum atomic E-state index is 6.05. The van der Waals surface area contributed by atoms with E-state index in [4.69, 9.17) is 11.6 Å². The third kappa shape index (κ3) is 2.72. The first-order valence-corrected chi connectivity index (χ1v) is 7.71. The van der Waals surface area contributed by atoms with E-state index in [1.54, 1.807) is 11.3 Å². The van der Waals surface area contributed by atoms with Gasteiger partial charge in [-0.3, -0.25) is 0 Å². The highest BCUT2D eigenvalue weighted by Gasteiger charge is 2.17. The van der Waals surface area contributed by atoms with Crippen LogP contribution in [0.15, 0.2) is 11.4 Å². The Hall–Kier alpha value is -1.20. The smallest absolute Gasteiger partial charge is 0.230 e. The lowest BCUT2D eigenvalue weighted by Gasteiger charge is -2.26. The van der Waals surface area contributed by atoms with Crippen LogP contribution < -0.4 is 4.90 Å². The quantitative estimate of drug-likeness (QED) is 0.849. The summed E-state index contributed by atoms with van der Waals surface area (Å²) in [4.78, 5) is 16.5. The molecule has 4 nitrogen and oxygen atoms in total. The Bertz CT molecular complexity index is 578. The van der Waals surface area contributed by atoms with E-state index in [0.717, 1.165) is 18.7 Å². The molecule has 0 radical (unpaired) electrons. The van der Waals surface area contributed by atoms with Crippen molar-refractivity contribution in [1.82, 2.24) is 15.0 Å². The summed E-state index contributed by atoms with van der Waals surface area (Å²) in [7, 11) is 0. The molecule has 0 unspecified atom stereocenters. The molecule has 6 heteroatoms. The van der Waals surface area contributed by atoms with Crippen molar-refractivity contribution in [3.63, 3.8) is 0 Å². The van der Waals surface area contributed by atoms with E-state index in [-0.39, 0.29) is 5.28 Å². The zero-order chi connectivity index (χ0) is 13.2. The van der Waals surface area contributed by atoms with Crippen LogP contribution in [0.5, 0.6) is 0 Å². The van der Waals surface area contributed by atoms with E-state index in [0.29, 0.717) is 11.8 Å². The van der Waals surface area contributed by atoms with E-state index in [1.165, 1.54) is 24.1 Å². The van der Waals surface area contributed by atoms with Gasteiger partial charge in [0.1, 0.15) is 0 Å². The van der Waals surface area contributed by atoms with Crippen molar-refractivity contribution >= 4 is 28.9 Å². The van der Waals surface area contributed by atoms with Gasteiger partial charge < -0.3 is 4.90 Å². The normalized spacial score (nSPS) is 15.8. The van der Waals surface area contributed by atoms with E-state index >= 15 is 0 Å². The molecule has 0 N–H and O–H groups in total. The van der Waals surface area contributed by atoms with Crippen LogP contribution in [0.25, 0.3) is 11.4 Å². The van der Waals surface area contributed by atoms with Gasteiger partial charge in [0.2, 0.25) is 11.2 Å². The number of thiophene rings is 1. The maximum absolute atomic E-state index is 6.05. The lowest BCUT2D eigenvalue weighted by molar-refractivity contribution is 0.567. The van der Waals surface area contributed by atoms with Crippen LogP contribution in [0.4, 0.5) is 5.95 Å². The van der Waals surface area contributed by atoms with E-state index in [9.17, 15) is 0 Å². The molecular formula is C13H15ClN4S. The molecule has 0 bridgehead atoms. The van der Waals surface area contributed by atoms with Gasteiger partial charge in [-0.05, 0) is 49.2 Å². The standard InChI is InChI=1S/C13H15ClN4S/c1-9-10(5-8-19-9)11-15-12(14)17-13(16-11)18-6-3-2-4-7-18/h5,8H,2-4,6-7H2,1H3. The molecule has 1 saturated heterocycles. The summed E-state index contributed by atoms with van der Waals surface area (Å²) < 4.78 is 0. The summed E-state index contributed by atoms with van der Waals surface area (Å²) in [5, 5.41) is 2.32. The Morgan fingerprint density at radius 3 is 2.63 bits per heavy atom. The van der Waals surface area contributed by atoms with Crippen molar-refractivity contribution in [1.29, 1.82) is 0 Å². The highest BCUT2D eigenvalue weighted by atomic mass is 35.5. The SMILES string of the molecule is Cc1sccc1-c1nc(Cl)nc(N2CCCCC2)n1. The van der Waals surface area contributed by atoms with Crippen molar-refractivity contribution < 1.29 is 0 Å². The van der Waals surface area contributed by atoms with Gasteiger partial charge in [0.15, 0.2) is 5.82 Å². The van der Waals surface area contributed by atoms with E-state index in [1.807, 2.05) is 11.4 Å². The van der Waals surface area contributed by atoms with Gasteiger partial charge in [0, 0.05) is 23.5 Å². The van der Waals surface area contributed by atoms with Gasteiger partial charge in [-0.15, -0.1) is 11.3 Å². The lowest BCUT2D eigenvalue weighted by Crippen LogP contribution is -2.31. The van der Waals surface area contributed by atoms with Crippen LogP contribution in [0.3, 0.4) is 0 Å². The predicted octanol–water partition coefficient (Wildman–Crippen LogP) is 3.55. The predicted molar refractivity (Wildman–Crippen MR) is 79.0 cm³/mol. The number of anilines is 1. The fraction of sp³-hybridized carbons (Fsp3) is 0.462. The molecule has 1 fully saturated rings. The fourth-order valence-corrected chi connectivity index (χ4v) is 3.16. The lowest BCUT2D eigenvalue weighted by atomic mass is 10.1. The number of rotatable bonds is 2. The number of hydrogen-bond donors (Lipinski definition) is 0. The number of piperidine rings is 1. The first kappa shape index (κ1) is 12.8. The molecule has 0 saturated carbocycles. The fourth-order valence-electron chi connectivity index (χ4n) is 2.31. The second-order valence-corrected chi connectivity index (χ2v) is 6.12. The second kappa shape index (κ2) is 5.43. The van der Waals surface area contributed by atoms with Crippen LogP contribution in [-0.2, 0) is 0 Å². The third-order valence-electron chi connectivity index (χ3n) is 3.33. The molecule has 100 valence electrons. The van der Waals surface area contributed by atoms with Crippen LogP contribution in [0.1, 0.15) is 24.1 Å². The molecule has 0 aromatic carbocycles. The Kier molecular flexibility index (Phi) is 3.66.